The van der Waals surface area contributed by atoms with Gasteiger partial charge in [-0.05, 0) is 60.0 Å². The summed E-state index contributed by atoms with van der Waals surface area (Å²) in [6.07, 6.45) is 0. The molecule has 2 heterocycles. The molecule has 1 aliphatic rings. The second-order valence-corrected chi connectivity index (χ2v) is 8.04. The molecule has 2 N–H and O–H groups in total. The summed E-state index contributed by atoms with van der Waals surface area (Å²) in [4.78, 5) is 18.2. The van der Waals surface area contributed by atoms with Crippen LogP contribution in [0.2, 0.25) is 0 Å². The topological polar surface area (TPSA) is 57.4 Å². The summed E-state index contributed by atoms with van der Waals surface area (Å²) >= 11 is 0. The van der Waals surface area contributed by atoms with Gasteiger partial charge in [0.15, 0.2) is 0 Å². The molecule has 0 spiro atoms. The normalized spacial score (nSPS) is 16.0. The molecule has 6 heteroatoms. The van der Waals surface area contributed by atoms with E-state index in [2.05, 4.69) is 28.2 Å². The Kier molecular flexibility index (Phi) is 6.16. The summed E-state index contributed by atoms with van der Waals surface area (Å²) in [6.45, 7) is 8.54. The Morgan fingerprint density at radius 3 is 2.67 bits per heavy atom. The number of nitrogens with one attached hydrogen (secondary N) is 2. The molecule has 3 aromatic rings. The van der Waals surface area contributed by atoms with Gasteiger partial charge in [0.2, 0.25) is 5.91 Å². The van der Waals surface area contributed by atoms with Crippen LogP contribution in [0.15, 0.2) is 42.5 Å². The van der Waals surface area contributed by atoms with E-state index in [1.165, 1.54) is 12.1 Å². The lowest BCUT2D eigenvalue weighted by molar-refractivity contribution is -0.125. The average Bonchev–Trinajstić information content (AvgIpc) is 3.09. The third kappa shape index (κ3) is 4.55. The number of hydrogen-bond acceptors (Lipinski definition) is 3. The van der Waals surface area contributed by atoms with Crippen LogP contribution in [0.4, 0.5) is 4.39 Å². The van der Waals surface area contributed by atoms with Crippen LogP contribution >= 0.6 is 0 Å². The highest BCUT2D eigenvalue weighted by Gasteiger charge is 2.19. The molecule has 1 amide bonds. The van der Waals surface area contributed by atoms with E-state index >= 15 is 0 Å². The van der Waals surface area contributed by atoms with Gasteiger partial charge in [-0.2, -0.15) is 0 Å². The minimum Gasteiger partial charge on any atom is -0.379 e. The van der Waals surface area contributed by atoms with Gasteiger partial charge in [-0.1, -0.05) is 13.0 Å². The number of hydrogen-bond donors (Lipinski definition) is 2. The first-order chi connectivity index (χ1) is 14.5. The Bertz CT molecular complexity index is 1020. The summed E-state index contributed by atoms with van der Waals surface area (Å²) in [6, 6.07) is 12.7. The number of morpholine rings is 1. The molecule has 0 unspecified atom stereocenters. The zero-order chi connectivity index (χ0) is 21.1. The highest BCUT2D eigenvalue weighted by atomic mass is 19.1. The number of carbonyl (C=O) groups excluding carboxylic acids is 1. The zero-order valence-electron chi connectivity index (χ0n) is 17.5. The van der Waals surface area contributed by atoms with E-state index in [1.807, 2.05) is 19.1 Å². The van der Waals surface area contributed by atoms with Crippen molar-refractivity contribution in [1.82, 2.24) is 15.2 Å². The summed E-state index contributed by atoms with van der Waals surface area (Å²) < 4.78 is 18.6. The first kappa shape index (κ1) is 20.6. The molecule has 0 bridgehead atoms. The number of nitrogens with zero attached hydrogens (tertiary/aromatic N) is 1. The predicted molar refractivity (Wildman–Crippen MR) is 117 cm³/mol. The van der Waals surface area contributed by atoms with Crippen molar-refractivity contribution in [3.05, 3.63) is 59.4 Å². The van der Waals surface area contributed by atoms with Crippen LogP contribution in [0.3, 0.4) is 0 Å². The molecule has 1 atom stereocenters. The predicted octanol–water partition coefficient (Wildman–Crippen LogP) is 3.87. The van der Waals surface area contributed by atoms with Crippen molar-refractivity contribution in [2.24, 2.45) is 5.92 Å². The van der Waals surface area contributed by atoms with Crippen molar-refractivity contribution >= 4 is 16.8 Å². The number of aryl methyl sites for hydroxylation is 1. The van der Waals surface area contributed by atoms with Crippen molar-refractivity contribution in [2.45, 2.75) is 20.4 Å². The lowest BCUT2D eigenvalue weighted by atomic mass is 10.0. The molecule has 0 saturated carbocycles. The summed E-state index contributed by atoms with van der Waals surface area (Å²) in [5.41, 5.74) is 5.15. The number of fused-ring (bicyclic) bond motifs is 1. The standard InChI is InChI=1S/C24H28FN3O2/c1-16(15-28-9-11-30-12-10-28)24(29)26-14-18-3-8-22-21(13-18)17(2)23(27-22)19-4-6-20(25)7-5-19/h3-8,13,16,27H,9-12,14-15H2,1-2H3,(H,26,29)/t16-/m1/s1. The minimum absolute atomic E-state index is 0.0640. The minimum atomic E-state index is -0.242. The third-order valence-corrected chi connectivity index (χ3v) is 5.81. The largest absolute Gasteiger partial charge is 0.379 e. The van der Waals surface area contributed by atoms with Crippen molar-refractivity contribution in [3.63, 3.8) is 0 Å². The lowest BCUT2D eigenvalue weighted by Crippen LogP contribution is -2.42. The first-order valence-electron chi connectivity index (χ1n) is 10.5. The highest BCUT2D eigenvalue weighted by molar-refractivity contribution is 5.91. The van der Waals surface area contributed by atoms with Crippen molar-refractivity contribution in [1.29, 1.82) is 0 Å². The number of rotatable bonds is 6. The van der Waals surface area contributed by atoms with Crippen LogP contribution < -0.4 is 5.32 Å². The van der Waals surface area contributed by atoms with Gasteiger partial charge in [-0.3, -0.25) is 9.69 Å². The maximum atomic E-state index is 13.2. The fourth-order valence-corrected chi connectivity index (χ4v) is 4.01. The van der Waals surface area contributed by atoms with Crippen LogP contribution in [-0.4, -0.2) is 48.6 Å². The SMILES string of the molecule is Cc1c(-c2ccc(F)cc2)[nH]c2ccc(CNC(=O)[C@H](C)CN3CCOCC3)cc12. The lowest BCUT2D eigenvalue weighted by Gasteiger charge is -2.28. The molecule has 2 aromatic carbocycles. The van der Waals surface area contributed by atoms with E-state index in [-0.39, 0.29) is 17.6 Å². The van der Waals surface area contributed by atoms with E-state index in [0.717, 1.165) is 66.1 Å². The van der Waals surface area contributed by atoms with E-state index in [9.17, 15) is 9.18 Å². The Labute approximate surface area is 176 Å². The first-order valence-corrected chi connectivity index (χ1v) is 10.5. The van der Waals surface area contributed by atoms with Gasteiger partial charge in [0, 0.05) is 48.7 Å². The van der Waals surface area contributed by atoms with Gasteiger partial charge in [-0.15, -0.1) is 0 Å². The molecule has 1 saturated heterocycles. The van der Waals surface area contributed by atoms with Crippen molar-refractivity contribution < 1.29 is 13.9 Å². The molecule has 0 aliphatic carbocycles. The second kappa shape index (κ2) is 8.98. The van der Waals surface area contributed by atoms with Crippen LogP contribution in [-0.2, 0) is 16.1 Å². The van der Waals surface area contributed by atoms with E-state index in [1.54, 1.807) is 12.1 Å². The van der Waals surface area contributed by atoms with Crippen molar-refractivity contribution in [2.75, 3.05) is 32.8 Å². The van der Waals surface area contributed by atoms with Gasteiger partial charge >= 0.3 is 0 Å². The number of ether oxygens (including phenoxy) is 1. The molecule has 1 aromatic heterocycles. The molecule has 30 heavy (non-hydrogen) atoms. The number of halogens is 1. The second-order valence-electron chi connectivity index (χ2n) is 8.04. The van der Waals surface area contributed by atoms with Crippen molar-refractivity contribution in [3.8, 4) is 11.3 Å². The van der Waals surface area contributed by atoms with E-state index in [4.69, 9.17) is 4.74 Å². The fourth-order valence-electron chi connectivity index (χ4n) is 4.01. The number of amides is 1. The Balaban J connectivity index is 1.42. The Morgan fingerprint density at radius 2 is 1.93 bits per heavy atom. The number of carbonyl (C=O) groups is 1. The summed E-state index contributed by atoms with van der Waals surface area (Å²) in [5.74, 6) is -0.237. The van der Waals surface area contributed by atoms with Crippen LogP contribution in [0.1, 0.15) is 18.1 Å². The van der Waals surface area contributed by atoms with Gasteiger partial charge in [-0.25, -0.2) is 4.39 Å². The van der Waals surface area contributed by atoms with Crippen LogP contribution in [0.5, 0.6) is 0 Å². The van der Waals surface area contributed by atoms with Gasteiger partial charge in [0.25, 0.3) is 0 Å². The maximum Gasteiger partial charge on any atom is 0.224 e. The molecular formula is C24H28FN3O2. The van der Waals surface area contributed by atoms with Gasteiger partial charge in [0.05, 0.1) is 13.2 Å². The van der Waals surface area contributed by atoms with Gasteiger partial charge in [0.1, 0.15) is 5.82 Å². The smallest absolute Gasteiger partial charge is 0.224 e. The van der Waals surface area contributed by atoms with E-state index in [0.29, 0.717) is 6.54 Å². The Hall–Kier alpha value is -2.70. The van der Waals surface area contributed by atoms with E-state index < -0.39 is 0 Å². The molecule has 5 nitrogen and oxygen atoms in total. The maximum absolute atomic E-state index is 13.2. The number of H-pyrrole nitrogens is 1. The molecule has 0 radical (unpaired) electrons. The summed E-state index contributed by atoms with van der Waals surface area (Å²) in [5, 5.41) is 4.18. The molecule has 1 fully saturated rings. The van der Waals surface area contributed by atoms with Crippen LogP contribution in [0, 0.1) is 18.7 Å². The average molecular weight is 410 g/mol. The molecule has 1 aliphatic heterocycles. The van der Waals surface area contributed by atoms with Crippen LogP contribution in [0.25, 0.3) is 22.2 Å². The molecular weight excluding hydrogens is 381 g/mol. The summed E-state index contributed by atoms with van der Waals surface area (Å²) in [7, 11) is 0. The molecule has 4 rings (SSSR count). The molecule has 158 valence electrons. The number of aromatic nitrogens is 1. The fraction of sp³-hybridized carbons (Fsp3) is 0.375. The quantitative estimate of drug-likeness (QED) is 0.650. The highest BCUT2D eigenvalue weighted by Crippen LogP contribution is 2.30. The number of aromatic amines is 1. The monoisotopic (exact) mass is 409 g/mol. The van der Waals surface area contributed by atoms with Gasteiger partial charge < -0.3 is 15.0 Å². The third-order valence-electron chi connectivity index (χ3n) is 5.81. The Morgan fingerprint density at radius 1 is 1.20 bits per heavy atom. The zero-order valence-corrected chi connectivity index (χ0v) is 17.5. The number of benzene rings is 2.